The van der Waals surface area contributed by atoms with E-state index in [1.54, 1.807) is 0 Å². The summed E-state index contributed by atoms with van der Waals surface area (Å²) in [5.74, 6) is -2.39. The number of carbonyl (C=O) groups excluding carboxylic acids is 1. The molecule has 10 aliphatic rings. The maximum absolute atomic E-state index is 15.4. The molecule has 0 aromatic heterocycles. The zero-order chi connectivity index (χ0) is 63.6. The van der Waals surface area contributed by atoms with E-state index in [9.17, 15) is 91.9 Å². The highest BCUT2D eigenvalue weighted by Crippen LogP contribution is 2.76. The summed E-state index contributed by atoms with van der Waals surface area (Å²) in [6, 6.07) is 0. The molecule has 33 unspecified atom stereocenters. The van der Waals surface area contributed by atoms with Crippen molar-refractivity contribution in [1.82, 2.24) is 0 Å². The summed E-state index contributed by atoms with van der Waals surface area (Å²) in [5.41, 5.74) is -5.07. The van der Waals surface area contributed by atoms with Crippen molar-refractivity contribution in [3.8, 4) is 0 Å². The van der Waals surface area contributed by atoms with Crippen molar-refractivity contribution in [2.75, 3.05) is 39.6 Å². The Bertz CT molecular complexity index is 2420. The first-order valence-electron chi connectivity index (χ1n) is 30.5. The molecule has 5 saturated heterocycles. The number of allylic oxidation sites excluding steroid dienone is 2. The normalized spacial score (nSPS) is 54.0. The number of carbonyl (C=O) groups is 1. The van der Waals surface area contributed by atoms with E-state index in [0.717, 1.165) is 5.57 Å². The lowest BCUT2D eigenvalue weighted by atomic mass is 9.33. The third-order valence-corrected chi connectivity index (χ3v) is 22.9. The molecule has 9 fully saturated rings. The predicted octanol–water partition coefficient (Wildman–Crippen LogP) is -6.02. The van der Waals surface area contributed by atoms with E-state index in [0.29, 0.717) is 32.1 Å². The van der Waals surface area contributed by atoms with Crippen molar-refractivity contribution in [3.63, 3.8) is 0 Å². The van der Waals surface area contributed by atoms with Crippen molar-refractivity contribution < 1.29 is 144 Å². The average molecular weight is 1260 g/mol. The smallest absolute Gasteiger partial charge is 0.317 e. The van der Waals surface area contributed by atoms with Crippen LogP contribution in [0.5, 0.6) is 0 Å². The van der Waals surface area contributed by atoms with Crippen LogP contribution in [0.4, 0.5) is 0 Å². The van der Waals surface area contributed by atoms with E-state index >= 15 is 4.79 Å². The Morgan fingerprint density at radius 1 is 0.563 bits per heavy atom. The first-order chi connectivity index (χ1) is 40.8. The number of hydrogen-bond donors (Lipinski definition) is 18. The van der Waals surface area contributed by atoms with Gasteiger partial charge in [-0.1, -0.05) is 46.3 Å². The van der Waals surface area contributed by atoms with Crippen molar-refractivity contribution >= 4 is 5.97 Å². The molecule has 5 aliphatic carbocycles. The number of aliphatic hydroxyl groups excluding tert-OH is 18. The lowest BCUT2D eigenvalue weighted by Gasteiger charge is -2.72. The fourth-order valence-electron chi connectivity index (χ4n) is 17.6. The molecule has 33 atom stereocenters. The highest BCUT2D eigenvalue weighted by molar-refractivity contribution is 5.80. The second-order valence-corrected chi connectivity index (χ2v) is 28.2. The molecule has 5 heterocycles. The summed E-state index contributed by atoms with van der Waals surface area (Å²) < 4.78 is 58.5. The van der Waals surface area contributed by atoms with Gasteiger partial charge in [-0.2, -0.15) is 0 Å². The Kier molecular flexibility index (Phi) is 19.6. The molecule has 5 aliphatic heterocycles. The molecule has 0 amide bonds. The number of hydrogen-bond acceptors (Lipinski definition) is 29. The Balaban J connectivity index is 0.876. The van der Waals surface area contributed by atoms with Gasteiger partial charge in [0.05, 0.1) is 64.1 Å². The second kappa shape index (κ2) is 25.1. The molecule has 0 aromatic rings. The van der Waals surface area contributed by atoms with Gasteiger partial charge in [-0.3, -0.25) is 4.79 Å². The van der Waals surface area contributed by atoms with E-state index in [-0.39, 0.29) is 30.6 Å². The fraction of sp³-hybridized carbons (Fsp3) is 0.948. The van der Waals surface area contributed by atoms with Gasteiger partial charge in [-0.05, 0) is 97.7 Å². The zero-order valence-electron chi connectivity index (χ0n) is 49.8. The fourth-order valence-corrected chi connectivity index (χ4v) is 17.6. The molecule has 0 bridgehead atoms. The number of ether oxygens (including phenoxy) is 10. The summed E-state index contributed by atoms with van der Waals surface area (Å²) in [6.07, 6.45) is -38.3. The van der Waals surface area contributed by atoms with Gasteiger partial charge >= 0.3 is 5.97 Å². The van der Waals surface area contributed by atoms with Crippen LogP contribution in [0.2, 0.25) is 0 Å². The first kappa shape index (κ1) is 68.0. The lowest BCUT2D eigenvalue weighted by molar-refractivity contribution is -0.369. The Morgan fingerprint density at radius 3 is 1.79 bits per heavy atom. The molecule has 4 saturated carbocycles. The quantitative estimate of drug-likeness (QED) is 0.0437. The molecule has 87 heavy (non-hydrogen) atoms. The van der Waals surface area contributed by atoms with Crippen LogP contribution in [0.3, 0.4) is 0 Å². The zero-order valence-corrected chi connectivity index (χ0v) is 49.8. The largest absolute Gasteiger partial charge is 0.432 e. The Morgan fingerprint density at radius 2 is 1.14 bits per heavy atom. The second-order valence-electron chi connectivity index (χ2n) is 28.2. The summed E-state index contributed by atoms with van der Waals surface area (Å²) in [7, 11) is 0. The molecule has 0 spiro atoms. The van der Waals surface area contributed by atoms with Crippen molar-refractivity contribution in [3.05, 3.63) is 11.6 Å². The molecule has 0 aromatic carbocycles. The van der Waals surface area contributed by atoms with E-state index in [4.69, 9.17) is 47.4 Å². The molecule has 10 rings (SSSR count). The topological polar surface area (TPSA) is 474 Å². The molecular weight excluding hydrogens is 1160 g/mol. The van der Waals surface area contributed by atoms with Crippen LogP contribution >= 0.6 is 0 Å². The van der Waals surface area contributed by atoms with Gasteiger partial charge in [0.15, 0.2) is 31.3 Å². The predicted molar refractivity (Wildman–Crippen MR) is 288 cm³/mol. The van der Waals surface area contributed by atoms with Crippen LogP contribution in [0.25, 0.3) is 0 Å². The molecular formula is C58H94O29. The minimum atomic E-state index is -1.94. The van der Waals surface area contributed by atoms with Gasteiger partial charge in [0.1, 0.15) is 103 Å². The number of rotatable bonds is 14. The van der Waals surface area contributed by atoms with Gasteiger partial charge < -0.3 is 139 Å². The van der Waals surface area contributed by atoms with Crippen LogP contribution < -0.4 is 0 Å². The van der Waals surface area contributed by atoms with Gasteiger partial charge in [0, 0.05) is 5.41 Å². The summed E-state index contributed by atoms with van der Waals surface area (Å²) in [5, 5.41) is 198. The third kappa shape index (κ3) is 11.2. The van der Waals surface area contributed by atoms with Crippen LogP contribution in [0.15, 0.2) is 11.6 Å². The Labute approximate surface area is 502 Å². The van der Waals surface area contributed by atoms with E-state index in [1.807, 2.05) is 6.92 Å². The molecule has 0 radical (unpaired) electrons. The summed E-state index contributed by atoms with van der Waals surface area (Å²) in [4.78, 5) is 15.4. The maximum atomic E-state index is 15.4. The maximum Gasteiger partial charge on any atom is 0.317 e. The van der Waals surface area contributed by atoms with E-state index in [1.165, 1.54) is 6.92 Å². The standard InChI is InChI=1S/C58H94O29/c1-22-44(84-48-40(73)33(66)26(63)17-78-48)39(72)43(76)49(81-22)85-45-34(67)27(64)18-79-51(45)87-52(77)58-12-11-53(2,3)13-24(58)23-7-8-30-54(4)14-25(62)46(57(20-60,21-61)31(54)9-10-55(30,5)56(23,6)15-32(58)65)86-50-42(75)38(71)36(69)29(83-50)19-80-47-41(74)37(70)35(68)28(16-59)82-47/h7,22,24-51,59-76H,8-21H2,1-6H3. The van der Waals surface area contributed by atoms with Gasteiger partial charge in [0.25, 0.3) is 0 Å². The SMILES string of the molecule is CC1OC(OC2C(OC(=O)C34CCC(C)(C)CC3C3=CCC5C6(C)CC(O)C(OC7OC(COC8OC(CO)C(O)C(O)C8O)C(O)C(O)C7O)C(CO)(CO)C6CCC5(C)C3(C)CC4O)OCC(O)C2O)C(O)C(O)C1OC1OCC(O)C(O)C1O. The monoisotopic (exact) mass is 1250 g/mol. The van der Waals surface area contributed by atoms with Gasteiger partial charge in [0.2, 0.25) is 6.29 Å². The molecule has 500 valence electrons. The molecule has 29 nitrogen and oxygen atoms in total. The summed E-state index contributed by atoms with van der Waals surface area (Å²) in [6.45, 7) is 8.04. The minimum Gasteiger partial charge on any atom is -0.432 e. The molecule has 29 heteroatoms. The van der Waals surface area contributed by atoms with Crippen LogP contribution in [0.1, 0.15) is 92.9 Å². The van der Waals surface area contributed by atoms with E-state index in [2.05, 4.69) is 33.8 Å². The first-order valence-corrected chi connectivity index (χ1v) is 30.5. The number of aliphatic hydroxyl groups is 18. The third-order valence-electron chi connectivity index (χ3n) is 22.9. The van der Waals surface area contributed by atoms with Crippen LogP contribution in [-0.4, -0.2) is 297 Å². The van der Waals surface area contributed by atoms with Crippen molar-refractivity contribution in [2.24, 2.45) is 50.2 Å². The van der Waals surface area contributed by atoms with Crippen molar-refractivity contribution in [1.29, 1.82) is 0 Å². The molecule has 18 N–H and O–H groups in total. The van der Waals surface area contributed by atoms with E-state index < -0.39 is 244 Å². The lowest BCUT2D eigenvalue weighted by Crippen LogP contribution is -2.71. The van der Waals surface area contributed by atoms with Gasteiger partial charge in [-0.25, -0.2) is 0 Å². The highest BCUT2D eigenvalue weighted by atomic mass is 16.8. The van der Waals surface area contributed by atoms with Crippen molar-refractivity contribution in [2.45, 2.75) is 253 Å². The number of esters is 1. The van der Waals surface area contributed by atoms with Gasteiger partial charge in [-0.15, -0.1) is 0 Å². The van der Waals surface area contributed by atoms with Crippen LogP contribution in [-0.2, 0) is 52.2 Å². The summed E-state index contributed by atoms with van der Waals surface area (Å²) >= 11 is 0. The van der Waals surface area contributed by atoms with Crippen LogP contribution in [0, 0.1) is 50.2 Å². The highest BCUT2D eigenvalue weighted by Gasteiger charge is 2.74. The average Bonchev–Trinajstić information content (AvgIpc) is 0.674. The number of fused-ring (bicyclic) bond motifs is 7. The minimum absolute atomic E-state index is 0.0349. The Hall–Kier alpha value is -1.87.